The molecule has 3 N–H and O–H groups in total. The lowest BCUT2D eigenvalue weighted by Gasteiger charge is -2.07. The second kappa shape index (κ2) is 7.55. The van der Waals surface area contributed by atoms with E-state index in [0.29, 0.717) is 28.0 Å². The van der Waals surface area contributed by atoms with Crippen LogP contribution in [0.2, 0.25) is 0 Å². The maximum atomic E-state index is 13.9. The third kappa shape index (κ3) is 4.14. The number of primary sulfonamides is 1. The Kier molecular flexibility index (Phi) is 5.08. The molecule has 0 saturated carbocycles. The molecular weight excluding hydrogens is 457 g/mol. The Bertz CT molecular complexity index is 1360. The standard InChI is InChI=1S/C21H15BrFN3O2S/c22-15-7-8-17(23)14(11-15)6-10-21-25-18-9-5-13(12-19(18)26-21)16-3-1-2-4-20(16)29(24,27)28/h1-12H,(H,25,26)(H2,24,27,28)/b10-6+. The van der Waals surface area contributed by atoms with Gasteiger partial charge in [-0.15, -0.1) is 0 Å². The molecule has 0 saturated heterocycles. The summed E-state index contributed by atoms with van der Waals surface area (Å²) in [6.07, 6.45) is 3.32. The Balaban J connectivity index is 1.73. The van der Waals surface area contributed by atoms with Crippen molar-refractivity contribution in [3.63, 3.8) is 0 Å². The highest BCUT2D eigenvalue weighted by molar-refractivity contribution is 9.10. The summed E-state index contributed by atoms with van der Waals surface area (Å²) in [4.78, 5) is 7.68. The highest BCUT2D eigenvalue weighted by atomic mass is 79.9. The van der Waals surface area contributed by atoms with Crippen LogP contribution in [0.1, 0.15) is 11.4 Å². The summed E-state index contributed by atoms with van der Waals surface area (Å²) >= 11 is 3.32. The van der Waals surface area contributed by atoms with Gasteiger partial charge in [-0.1, -0.05) is 40.2 Å². The predicted octanol–water partition coefficient (Wildman–Crippen LogP) is 4.95. The maximum Gasteiger partial charge on any atom is 0.238 e. The van der Waals surface area contributed by atoms with E-state index >= 15 is 0 Å². The average molecular weight is 472 g/mol. The first-order chi connectivity index (χ1) is 13.8. The topological polar surface area (TPSA) is 88.8 Å². The van der Waals surface area contributed by atoms with E-state index < -0.39 is 10.0 Å². The molecule has 0 aliphatic heterocycles. The second-order valence-corrected chi connectivity index (χ2v) is 8.84. The third-order valence-corrected chi connectivity index (χ3v) is 5.85. The van der Waals surface area contributed by atoms with Crippen molar-refractivity contribution in [1.29, 1.82) is 0 Å². The van der Waals surface area contributed by atoms with Gasteiger partial charge in [0.2, 0.25) is 10.0 Å². The van der Waals surface area contributed by atoms with Gasteiger partial charge in [0.25, 0.3) is 0 Å². The molecule has 1 heterocycles. The van der Waals surface area contributed by atoms with Crippen LogP contribution in [0, 0.1) is 5.82 Å². The van der Waals surface area contributed by atoms with Crippen molar-refractivity contribution in [1.82, 2.24) is 9.97 Å². The molecule has 0 aliphatic rings. The van der Waals surface area contributed by atoms with Crippen LogP contribution in [0.4, 0.5) is 4.39 Å². The van der Waals surface area contributed by atoms with E-state index in [-0.39, 0.29) is 10.7 Å². The van der Waals surface area contributed by atoms with E-state index in [0.717, 1.165) is 9.99 Å². The van der Waals surface area contributed by atoms with Crippen LogP contribution in [0.3, 0.4) is 0 Å². The van der Waals surface area contributed by atoms with Gasteiger partial charge in [-0.2, -0.15) is 0 Å². The van der Waals surface area contributed by atoms with E-state index in [9.17, 15) is 12.8 Å². The number of aromatic nitrogens is 2. The van der Waals surface area contributed by atoms with Crippen molar-refractivity contribution in [2.45, 2.75) is 4.90 Å². The van der Waals surface area contributed by atoms with Crippen LogP contribution in [0.25, 0.3) is 34.3 Å². The maximum absolute atomic E-state index is 13.9. The fraction of sp³-hybridized carbons (Fsp3) is 0. The van der Waals surface area contributed by atoms with Gasteiger partial charge in [0.05, 0.1) is 15.9 Å². The van der Waals surface area contributed by atoms with Gasteiger partial charge in [0.15, 0.2) is 0 Å². The number of hydrogen-bond acceptors (Lipinski definition) is 3. The molecule has 29 heavy (non-hydrogen) atoms. The summed E-state index contributed by atoms with van der Waals surface area (Å²) in [5.41, 5.74) is 3.07. The van der Waals surface area contributed by atoms with Gasteiger partial charge in [-0.05, 0) is 54.1 Å². The minimum Gasteiger partial charge on any atom is -0.338 e. The van der Waals surface area contributed by atoms with Gasteiger partial charge < -0.3 is 4.98 Å². The minimum atomic E-state index is -3.85. The highest BCUT2D eigenvalue weighted by Gasteiger charge is 2.15. The largest absolute Gasteiger partial charge is 0.338 e. The van der Waals surface area contributed by atoms with Gasteiger partial charge in [-0.25, -0.2) is 22.9 Å². The summed E-state index contributed by atoms with van der Waals surface area (Å²) < 4.78 is 38.4. The molecule has 5 nitrogen and oxygen atoms in total. The van der Waals surface area contributed by atoms with Gasteiger partial charge in [-0.3, -0.25) is 0 Å². The lowest BCUT2D eigenvalue weighted by atomic mass is 10.1. The van der Waals surface area contributed by atoms with Crippen molar-refractivity contribution >= 4 is 49.1 Å². The zero-order valence-corrected chi connectivity index (χ0v) is 17.3. The molecule has 0 aliphatic carbocycles. The number of nitrogens with one attached hydrogen (secondary N) is 1. The zero-order valence-electron chi connectivity index (χ0n) is 14.9. The Morgan fingerprint density at radius 2 is 1.83 bits per heavy atom. The number of fused-ring (bicyclic) bond motifs is 1. The Labute approximate surface area is 175 Å². The molecule has 146 valence electrons. The Morgan fingerprint density at radius 3 is 2.62 bits per heavy atom. The number of imidazole rings is 1. The zero-order chi connectivity index (χ0) is 20.6. The monoisotopic (exact) mass is 471 g/mol. The second-order valence-electron chi connectivity index (χ2n) is 6.39. The number of nitrogens with two attached hydrogens (primary N) is 1. The summed E-state index contributed by atoms with van der Waals surface area (Å²) in [7, 11) is -3.85. The van der Waals surface area contributed by atoms with E-state index in [4.69, 9.17) is 5.14 Å². The van der Waals surface area contributed by atoms with Gasteiger partial charge in [0, 0.05) is 15.6 Å². The van der Waals surface area contributed by atoms with Crippen molar-refractivity contribution in [3.05, 3.63) is 82.3 Å². The molecule has 4 rings (SSSR count). The number of nitrogens with zero attached hydrogens (tertiary/aromatic N) is 1. The normalized spacial score (nSPS) is 12.1. The number of H-pyrrole nitrogens is 1. The first-order valence-electron chi connectivity index (χ1n) is 8.56. The molecule has 0 amide bonds. The number of aromatic amines is 1. The van der Waals surface area contributed by atoms with Gasteiger partial charge in [0.1, 0.15) is 11.6 Å². The fourth-order valence-electron chi connectivity index (χ4n) is 3.04. The van der Waals surface area contributed by atoms with Gasteiger partial charge >= 0.3 is 0 Å². The first-order valence-corrected chi connectivity index (χ1v) is 10.9. The molecule has 0 fully saturated rings. The molecule has 0 spiro atoms. The van der Waals surface area contributed by atoms with Crippen LogP contribution in [-0.2, 0) is 10.0 Å². The van der Waals surface area contributed by atoms with Crippen molar-refractivity contribution in [3.8, 4) is 11.1 Å². The number of sulfonamides is 1. The van der Waals surface area contributed by atoms with Crippen molar-refractivity contribution < 1.29 is 12.8 Å². The van der Waals surface area contributed by atoms with Crippen LogP contribution in [0.5, 0.6) is 0 Å². The molecule has 0 atom stereocenters. The van der Waals surface area contributed by atoms with Crippen LogP contribution in [0.15, 0.2) is 70.0 Å². The van der Waals surface area contributed by atoms with E-state index in [1.807, 2.05) is 6.07 Å². The molecule has 0 radical (unpaired) electrons. The predicted molar refractivity (Wildman–Crippen MR) is 116 cm³/mol. The lowest BCUT2D eigenvalue weighted by Crippen LogP contribution is -2.13. The Hall–Kier alpha value is -2.81. The quantitative estimate of drug-likeness (QED) is 0.441. The highest BCUT2D eigenvalue weighted by Crippen LogP contribution is 2.29. The molecule has 3 aromatic carbocycles. The SMILES string of the molecule is NS(=O)(=O)c1ccccc1-c1ccc2nc(/C=C/c3cc(Br)ccc3F)[nH]c2c1. The lowest BCUT2D eigenvalue weighted by molar-refractivity contribution is 0.598. The molecule has 0 bridgehead atoms. The van der Waals surface area contributed by atoms with E-state index in [2.05, 4.69) is 25.9 Å². The first kappa shape index (κ1) is 19.5. The van der Waals surface area contributed by atoms with Crippen LogP contribution >= 0.6 is 15.9 Å². The molecule has 0 unspecified atom stereocenters. The summed E-state index contributed by atoms with van der Waals surface area (Å²) in [6.45, 7) is 0. The Morgan fingerprint density at radius 1 is 1.03 bits per heavy atom. The molecule has 4 aromatic rings. The number of benzene rings is 3. The fourth-order valence-corrected chi connectivity index (χ4v) is 4.18. The summed E-state index contributed by atoms with van der Waals surface area (Å²) in [5, 5.41) is 5.34. The number of halogens is 2. The van der Waals surface area contributed by atoms with E-state index in [1.54, 1.807) is 54.6 Å². The minimum absolute atomic E-state index is 0.0594. The van der Waals surface area contributed by atoms with Crippen molar-refractivity contribution in [2.75, 3.05) is 0 Å². The number of rotatable bonds is 4. The smallest absolute Gasteiger partial charge is 0.238 e. The van der Waals surface area contributed by atoms with E-state index in [1.165, 1.54) is 12.1 Å². The molecule has 8 heteroatoms. The number of hydrogen-bond donors (Lipinski definition) is 2. The molecular formula is C21H15BrFN3O2S. The summed E-state index contributed by atoms with van der Waals surface area (Å²) in [5.74, 6) is 0.221. The average Bonchev–Trinajstić information content (AvgIpc) is 3.10. The van der Waals surface area contributed by atoms with Crippen LogP contribution in [-0.4, -0.2) is 18.4 Å². The van der Waals surface area contributed by atoms with Crippen molar-refractivity contribution in [2.24, 2.45) is 5.14 Å². The third-order valence-electron chi connectivity index (χ3n) is 4.38. The molecule has 1 aromatic heterocycles. The summed E-state index contributed by atoms with van der Waals surface area (Å²) in [6, 6.07) is 16.6. The van der Waals surface area contributed by atoms with Crippen LogP contribution < -0.4 is 5.14 Å².